The molecule has 0 spiro atoms. The molecule has 8 aromatic carbocycles. The van der Waals surface area contributed by atoms with Crippen LogP contribution in [0.4, 0.5) is 17.1 Å². The van der Waals surface area contributed by atoms with E-state index in [0.29, 0.717) is 0 Å². The van der Waals surface area contributed by atoms with Gasteiger partial charge < -0.3 is 13.9 Å². The largest absolute Gasteiger partial charge is 0.456 e. The Bertz CT molecular complexity index is 3110. The molecular weight excluding hydrogens is 629 g/mol. The molecule has 50 heavy (non-hydrogen) atoms. The van der Waals surface area contributed by atoms with Crippen LogP contribution >= 0.6 is 11.3 Å². The number of fused-ring (bicyclic) bond motifs is 11. The van der Waals surface area contributed by atoms with Crippen LogP contribution in [0, 0.1) is 0 Å². The zero-order valence-corrected chi connectivity index (χ0v) is 27.7. The third-order valence-electron chi connectivity index (χ3n) is 10.2. The van der Waals surface area contributed by atoms with Crippen molar-refractivity contribution in [2.75, 3.05) is 4.90 Å². The summed E-state index contributed by atoms with van der Waals surface area (Å²) in [5.74, 6) is 0. The highest BCUT2D eigenvalue weighted by Gasteiger charge is 2.24. The highest BCUT2D eigenvalue weighted by molar-refractivity contribution is 7.26. The molecule has 0 radical (unpaired) electrons. The average molecular weight is 657 g/mol. The molecule has 11 aromatic rings. The Balaban J connectivity index is 1.28. The molecule has 0 aliphatic heterocycles. The van der Waals surface area contributed by atoms with Crippen molar-refractivity contribution in [2.24, 2.45) is 0 Å². The lowest BCUT2D eigenvalue weighted by Crippen LogP contribution is -2.11. The molecule has 0 unspecified atom stereocenters. The molecular formula is C46H28N2OS. The van der Waals surface area contributed by atoms with Crippen molar-refractivity contribution in [2.45, 2.75) is 0 Å². The minimum Gasteiger partial charge on any atom is -0.456 e. The SMILES string of the molecule is c1ccc(-n2c3ccccc3c3cc(N(c4cc5c6ccccc6sc5c5ccccc45)c4cccc5oc6ccccc6c45)ccc32)cc1. The first-order chi connectivity index (χ1) is 24.8. The van der Waals surface area contributed by atoms with E-state index in [-0.39, 0.29) is 0 Å². The van der Waals surface area contributed by atoms with Crippen LogP contribution in [0.2, 0.25) is 0 Å². The number of furan rings is 1. The topological polar surface area (TPSA) is 21.3 Å². The van der Waals surface area contributed by atoms with Crippen LogP contribution in [0.1, 0.15) is 0 Å². The van der Waals surface area contributed by atoms with Crippen LogP contribution in [0.3, 0.4) is 0 Å². The predicted octanol–water partition coefficient (Wildman–Crippen LogP) is 13.7. The van der Waals surface area contributed by atoms with Crippen molar-refractivity contribution in [3.63, 3.8) is 0 Å². The number of benzene rings is 8. The Morgan fingerprint density at radius 1 is 0.440 bits per heavy atom. The number of hydrogen-bond acceptors (Lipinski definition) is 3. The second kappa shape index (κ2) is 10.6. The van der Waals surface area contributed by atoms with E-state index in [2.05, 4.69) is 173 Å². The smallest absolute Gasteiger partial charge is 0.137 e. The molecule has 3 heterocycles. The molecule has 0 atom stereocenters. The lowest BCUT2D eigenvalue weighted by atomic mass is 10.0. The molecule has 234 valence electrons. The summed E-state index contributed by atoms with van der Waals surface area (Å²) in [5, 5.41) is 9.68. The summed E-state index contributed by atoms with van der Waals surface area (Å²) < 4.78 is 11.5. The molecule has 0 saturated heterocycles. The fourth-order valence-electron chi connectivity index (χ4n) is 8.02. The van der Waals surface area contributed by atoms with Crippen molar-refractivity contribution >= 4 is 103 Å². The number of thiophene rings is 1. The Morgan fingerprint density at radius 2 is 1.12 bits per heavy atom. The first-order valence-electron chi connectivity index (χ1n) is 16.9. The van der Waals surface area contributed by atoms with Gasteiger partial charge in [0, 0.05) is 58.5 Å². The maximum absolute atomic E-state index is 6.47. The predicted molar refractivity (Wildman–Crippen MR) is 213 cm³/mol. The summed E-state index contributed by atoms with van der Waals surface area (Å²) in [4.78, 5) is 2.46. The van der Waals surface area contributed by atoms with Crippen molar-refractivity contribution in [1.29, 1.82) is 0 Å². The van der Waals surface area contributed by atoms with Gasteiger partial charge in [-0.05, 0) is 66.7 Å². The number of hydrogen-bond donors (Lipinski definition) is 0. The van der Waals surface area contributed by atoms with Gasteiger partial charge in [0.1, 0.15) is 11.2 Å². The van der Waals surface area contributed by atoms with E-state index in [1.165, 1.54) is 52.8 Å². The van der Waals surface area contributed by atoms with Crippen molar-refractivity contribution < 1.29 is 4.42 Å². The van der Waals surface area contributed by atoms with E-state index >= 15 is 0 Å². The van der Waals surface area contributed by atoms with Crippen molar-refractivity contribution in [1.82, 2.24) is 4.57 Å². The summed E-state index contributed by atoms with van der Waals surface area (Å²) in [6.07, 6.45) is 0. The Hall–Kier alpha value is -6.36. The third kappa shape index (κ3) is 3.91. The maximum atomic E-state index is 6.47. The van der Waals surface area contributed by atoms with E-state index in [4.69, 9.17) is 4.42 Å². The van der Waals surface area contributed by atoms with Crippen LogP contribution in [0.5, 0.6) is 0 Å². The van der Waals surface area contributed by atoms with Crippen LogP contribution in [0.25, 0.3) is 80.4 Å². The number of rotatable bonds is 4. The quantitative estimate of drug-likeness (QED) is 0.188. The molecule has 0 bridgehead atoms. The number of nitrogens with zero attached hydrogens (tertiary/aromatic N) is 2. The van der Waals surface area contributed by atoms with Gasteiger partial charge in [0.2, 0.25) is 0 Å². The van der Waals surface area contributed by atoms with Gasteiger partial charge in [0.25, 0.3) is 0 Å². The van der Waals surface area contributed by atoms with Gasteiger partial charge in [-0.2, -0.15) is 0 Å². The first kappa shape index (κ1) is 27.6. The fraction of sp³-hybridized carbons (Fsp3) is 0. The lowest BCUT2D eigenvalue weighted by Gasteiger charge is -2.28. The van der Waals surface area contributed by atoms with E-state index in [1.54, 1.807) is 0 Å². The molecule has 11 rings (SSSR count). The number of aromatic nitrogens is 1. The lowest BCUT2D eigenvalue weighted by molar-refractivity contribution is 0.669. The standard InChI is InChI=1S/C46H28N2OS/c1-2-13-29(14-3-1)47-38-20-9-6-16-32(38)36-27-30(25-26-39(36)47)48(40-21-12-23-43-45(40)35-19-7-10-22-42(35)49-43)41-28-37-33-17-8-11-24-44(33)50-46(37)34-18-5-4-15-31(34)41/h1-28H. The first-order valence-corrected chi connectivity index (χ1v) is 17.8. The van der Waals surface area contributed by atoms with Crippen molar-refractivity contribution in [3.05, 3.63) is 170 Å². The number of anilines is 3. The molecule has 0 aliphatic rings. The zero-order chi connectivity index (χ0) is 32.8. The molecule has 3 nitrogen and oxygen atoms in total. The van der Waals surface area contributed by atoms with Crippen LogP contribution in [-0.4, -0.2) is 4.57 Å². The van der Waals surface area contributed by atoms with Gasteiger partial charge in [0.15, 0.2) is 0 Å². The van der Waals surface area contributed by atoms with E-state index in [0.717, 1.165) is 44.7 Å². The van der Waals surface area contributed by atoms with E-state index in [1.807, 2.05) is 17.4 Å². The number of para-hydroxylation sites is 3. The maximum Gasteiger partial charge on any atom is 0.137 e. The van der Waals surface area contributed by atoms with E-state index < -0.39 is 0 Å². The summed E-state index contributed by atoms with van der Waals surface area (Å²) in [7, 11) is 0. The highest BCUT2D eigenvalue weighted by Crippen LogP contribution is 2.49. The Morgan fingerprint density at radius 3 is 2.00 bits per heavy atom. The second-order valence-electron chi connectivity index (χ2n) is 12.9. The minimum atomic E-state index is 0.877. The van der Waals surface area contributed by atoms with Gasteiger partial charge >= 0.3 is 0 Å². The molecule has 0 aliphatic carbocycles. The normalized spacial score (nSPS) is 12.0. The summed E-state index contributed by atoms with van der Waals surface area (Å²) in [5.41, 5.74) is 8.61. The van der Waals surface area contributed by atoms with Gasteiger partial charge in [-0.1, -0.05) is 103 Å². The zero-order valence-electron chi connectivity index (χ0n) is 26.9. The second-order valence-corrected chi connectivity index (χ2v) is 13.9. The van der Waals surface area contributed by atoms with Crippen molar-refractivity contribution in [3.8, 4) is 5.69 Å². The van der Waals surface area contributed by atoms with Crippen LogP contribution in [-0.2, 0) is 0 Å². The third-order valence-corrected chi connectivity index (χ3v) is 11.4. The Kier molecular flexibility index (Phi) is 5.83. The van der Waals surface area contributed by atoms with Crippen LogP contribution in [0.15, 0.2) is 174 Å². The molecule has 0 amide bonds. The molecule has 0 saturated carbocycles. The van der Waals surface area contributed by atoms with Gasteiger partial charge in [-0.25, -0.2) is 0 Å². The molecule has 0 fully saturated rings. The van der Waals surface area contributed by atoms with Gasteiger partial charge in [-0.15, -0.1) is 11.3 Å². The Labute approximate surface area is 291 Å². The molecule has 4 heteroatoms. The van der Waals surface area contributed by atoms with E-state index in [9.17, 15) is 0 Å². The summed E-state index contributed by atoms with van der Waals surface area (Å²) >= 11 is 1.88. The minimum absolute atomic E-state index is 0.877. The van der Waals surface area contributed by atoms with Gasteiger partial charge in [-0.3, -0.25) is 0 Å². The van der Waals surface area contributed by atoms with Crippen LogP contribution < -0.4 is 4.90 Å². The summed E-state index contributed by atoms with van der Waals surface area (Å²) in [6, 6.07) is 61.2. The fourth-order valence-corrected chi connectivity index (χ4v) is 9.24. The van der Waals surface area contributed by atoms with Gasteiger partial charge in [0.05, 0.1) is 27.8 Å². The molecule has 0 N–H and O–H groups in total. The average Bonchev–Trinajstić information content (AvgIpc) is 3.85. The summed E-state index contributed by atoms with van der Waals surface area (Å²) in [6.45, 7) is 0. The monoisotopic (exact) mass is 656 g/mol. The highest BCUT2D eigenvalue weighted by atomic mass is 32.1. The molecule has 3 aromatic heterocycles.